The summed E-state index contributed by atoms with van der Waals surface area (Å²) in [4.78, 5) is 11.9. The number of hydrogen-bond acceptors (Lipinski definition) is 2. The number of rotatable bonds is 3. The predicted molar refractivity (Wildman–Crippen MR) is 80.9 cm³/mol. The molecular weight excluding hydrogens is 252 g/mol. The number of carboxylic acids is 1. The van der Waals surface area contributed by atoms with Crippen LogP contribution in [0.3, 0.4) is 0 Å². The van der Waals surface area contributed by atoms with E-state index in [1.54, 1.807) is 24.3 Å². The van der Waals surface area contributed by atoms with Crippen molar-refractivity contribution in [3.05, 3.63) is 29.8 Å². The Morgan fingerprint density at radius 1 is 0.950 bits per heavy atom. The van der Waals surface area contributed by atoms with Gasteiger partial charge in [0.2, 0.25) is 0 Å². The van der Waals surface area contributed by atoms with Crippen LogP contribution in [0.2, 0.25) is 0 Å². The molecule has 0 radical (unpaired) electrons. The smallest absolute Gasteiger partial charge is 0.311 e. The number of aliphatic carboxylic acids is 1. The van der Waals surface area contributed by atoms with Gasteiger partial charge in [0.25, 0.3) is 0 Å². The van der Waals surface area contributed by atoms with Crippen molar-refractivity contribution in [2.75, 3.05) is 0 Å². The van der Waals surface area contributed by atoms with E-state index in [1.807, 2.05) is 0 Å². The molecule has 1 aromatic carbocycles. The molecule has 0 spiro atoms. The number of phenols is 1. The van der Waals surface area contributed by atoms with Crippen LogP contribution in [0.5, 0.6) is 5.75 Å². The minimum atomic E-state index is -0.814. The maximum absolute atomic E-state index is 11.9. The average Bonchev–Trinajstić information content (AvgIpc) is 2.23. The highest BCUT2D eigenvalue weighted by atomic mass is 16.4. The molecular formula is C17H26O3. The van der Waals surface area contributed by atoms with E-state index in [9.17, 15) is 15.0 Å². The second kappa shape index (κ2) is 5.47. The summed E-state index contributed by atoms with van der Waals surface area (Å²) in [6.07, 6.45) is 0. The van der Waals surface area contributed by atoms with Crippen LogP contribution in [0.25, 0.3) is 0 Å². The maximum Gasteiger partial charge on any atom is 0.311 e. The Morgan fingerprint density at radius 3 is 1.65 bits per heavy atom. The van der Waals surface area contributed by atoms with Gasteiger partial charge >= 0.3 is 5.97 Å². The number of carboxylic acid groups (broad SMARTS) is 1. The van der Waals surface area contributed by atoms with Crippen molar-refractivity contribution < 1.29 is 15.0 Å². The van der Waals surface area contributed by atoms with E-state index in [0.717, 1.165) is 5.56 Å². The molecule has 0 aliphatic carbocycles. The fraction of sp³-hybridized carbons (Fsp3) is 0.588. The van der Waals surface area contributed by atoms with E-state index in [-0.39, 0.29) is 22.5 Å². The highest BCUT2D eigenvalue weighted by Gasteiger charge is 2.44. The maximum atomic E-state index is 11.9. The number of phenolic OH excluding ortho intramolecular Hbond substituents is 1. The van der Waals surface area contributed by atoms with Gasteiger partial charge in [0.15, 0.2) is 0 Å². The highest BCUT2D eigenvalue weighted by molar-refractivity contribution is 5.77. The first-order valence-corrected chi connectivity index (χ1v) is 6.96. The van der Waals surface area contributed by atoms with Crippen LogP contribution in [0.1, 0.15) is 53.0 Å². The third kappa shape index (κ3) is 3.75. The molecule has 3 heteroatoms. The summed E-state index contributed by atoms with van der Waals surface area (Å²) in [7, 11) is 0. The van der Waals surface area contributed by atoms with Gasteiger partial charge in [0, 0.05) is 0 Å². The minimum Gasteiger partial charge on any atom is -0.508 e. The van der Waals surface area contributed by atoms with Crippen molar-refractivity contribution in [3.8, 4) is 5.75 Å². The monoisotopic (exact) mass is 278 g/mol. The molecule has 112 valence electrons. The molecule has 0 aliphatic heterocycles. The summed E-state index contributed by atoms with van der Waals surface area (Å²) in [6.45, 7) is 12.5. The van der Waals surface area contributed by atoms with Gasteiger partial charge in [0.1, 0.15) is 5.75 Å². The van der Waals surface area contributed by atoms with Crippen molar-refractivity contribution in [1.82, 2.24) is 0 Å². The molecule has 0 bridgehead atoms. The fourth-order valence-electron chi connectivity index (χ4n) is 3.46. The third-order valence-electron chi connectivity index (χ3n) is 3.72. The van der Waals surface area contributed by atoms with Crippen LogP contribution < -0.4 is 0 Å². The summed E-state index contributed by atoms with van der Waals surface area (Å²) >= 11 is 0. The molecule has 3 nitrogen and oxygen atoms in total. The largest absolute Gasteiger partial charge is 0.508 e. The van der Waals surface area contributed by atoms with Crippen molar-refractivity contribution in [2.45, 2.75) is 47.5 Å². The van der Waals surface area contributed by atoms with Crippen LogP contribution in [0.15, 0.2) is 24.3 Å². The molecule has 1 rings (SSSR count). The summed E-state index contributed by atoms with van der Waals surface area (Å²) in [5.41, 5.74) is 0.462. The Hall–Kier alpha value is -1.51. The number of benzene rings is 1. The molecule has 1 aromatic rings. The lowest BCUT2D eigenvalue weighted by atomic mass is 9.60. The van der Waals surface area contributed by atoms with E-state index >= 15 is 0 Å². The van der Waals surface area contributed by atoms with Crippen molar-refractivity contribution >= 4 is 5.97 Å². The van der Waals surface area contributed by atoms with Crippen LogP contribution in [-0.4, -0.2) is 16.2 Å². The zero-order valence-corrected chi connectivity index (χ0v) is 13.3. The molecule has 0 fully saturated rings. The summed E-state index contributed by atoms with van der Waals surface area (Å²) in [5, 5.41) is 19.1. The molecule has 0 saturated heterocycles. The van der Waals surface area contributed by atoms with Gasteiger partial charge < -0.3 is 10.2 Å². The molecule has 0 aromatic heterocycles. The van der Waals surface area contributed by atoms with E-state index in [0.29, 0.717) is 0 Å². The Balaban J connectivity index is 3.37. The van der Waals surface area contributed by atoms with Crippen LogP contribution in [0.4, 0.5) is 0 Å². The third-order valence-corrected chi connectivity index (χ3v) is 3.72. The van der Waals surface area contributed by atoms with Crippen molar-refractivity contribution in [3.63, 3.8) is 0 Å². The predicted octanol–water partition coefficient (Wildman–Crippen LogP) is 4.27. The van der Waals surface area contributed by atoms with Crippen LogP contribution in [-0.2, 0) is 4.79 Å². The number of hydrogen-bond donors (Lipinski definition) is 2. The summed E-state index contributed by atoms with van der Waals surface area (Å²) < 4.78 is 0. The Kier molecular flexibility index (Phi) is 4.52. The van der Waals surface area contributed by atoms with E-state index < -0.39 is 11.9 Å². The van der Waals surface area contributed by atoms with Crippen LogP contribution in [0, 0.1) is 16.7 Å². The zero-order valence-electron chi connectivity index (χ0n) is 13.3. The van der Waals surface area contributed by atoms with Gasteiger partial charge in [-0.2, -0.15) is 0 Å². The Morgan fingerprint density at radius 2 is 1.35 bits per heavy atom. The first-order valence-electron chi connectivity index (χ1n) is 6.96. The van der Waals surface area contributed by atoms with E-state index in [2.05, 4.69) is 41.5 Å². The Labute approximate surface area is 121 Å². The lowest BCUT2D eigenvalue weighted by molar-refractivity contribution is -0.143. The second-order valence-corrected chi connectivity index (χ2v) is 7.62. The molecule has 1 unspecified atom stereocenters. The van der Waals surface area contributed by atoms with Gasteiger partial charge in [-0.3, -0.25) is 4.79 Å². The molecule has 20 heavy (non-hydrogen) atoms. The topological polar surface area (TPSA) is 57.5 Å². The molecule has 2 N–H and O–H groups in total. The first-order chi connectivity index (χ1) is 8.94. The van der Waals surface area contributed by atoms with Gasteiger partial charge in [-0.15, -0.1) is 0 Å². The zero-order chi connectivity index (χ0) is 15.7. The normalized spacial score (nSPS) is 14.3. The first kappa shape index (κ1) is 16.5. The van der Waals surface area contributed by atoms with Gasteiger partial charge in [0.05, 0.1) is 5.92 Å². The minimum absolute atomic E-state index is 0.0305. The lowest BCUT2D eigenvalue weighted by Crippen LogP contribution is -2.40. The molecule has 0 saturated carbocycles. The van der Waals surface area contributed by atoms with E-state index in [4.69, 9.17) is 0 Å². The van der Waals surface area contributed by atoms with Crippen molar-refractivity contribution in [1.29, 1.82) is 0 Å². The SMILES string of the molecule is CC(C)(C)C(C(C(=O)O)c1ccc(O)cc1)C(C)(C)C. The van der Waals surface area contributed by atoms with Crippen molar-refractivity contribution in [2.24, 2.45) is 16.7 Å². The van der Waals surface area contributed by atoms with E-state index in [1.165, 1.54) is 0 Å². The highest BCUT2D eigenvalue weighted by Crippen LogP contribution is 2.48. The second-order valence-electron chi connectivity index (χ2n) is 7.62. The standard InChI is InChI=1S/C17H26O3/c1-16(2,3)14(17(4,5)6)13(15(19)20)11-7-9-12(18)10-8-11/h7-10,13-14,18H,1-6H3,(H,19,20). The quantitative estimate of drug-likeness (QED) is 0.868. The lowest BCUT2D eigenvalue weighted by Gasteiger charge is -2.44. The van der Waals surface area contributed by atoms with Gasteiger partial charge in [-0.1, -0.05) is 53.7 Å². The number of carbonyl (C=O) groups is 1. The molecule has 0 amide bonds. The average molecular weight is 278 g/mol. The van der Waals surface area contributed by atoms with Crippen LogP contribution >= 0.6 is 0 Å². The molecule has 0 heterocycles. The summed E-state index contributed by atoms with van der Waals surface area (Å²) in [6, 6.07) is 6.51. The molecule has 1 atom stereocenters. The fourth-order valence-corrected chi connectivity index (χ4v) is 3.46. The van der Waals surface area contributed by atoms with Gasteiger partial charge in [-0.25, -0.2) is 0 Å². The molecule has 0 aliphatic rings. The number of aromatic hydroxyl groups is 1. The Bertz CT molecular complexity index is 446. The van der Waals surface area contributed by atoms with Gasteiger partial charge in [-0.05, 0) is 34.4 Å². The summed E-state index contributed by atoms with van der Waals surface area (Å²) in [5.74, 6) is -1.28.